The van der Waals surface area contributed by atoms with Crippen LogP contribution in [0.3, 0.4) is 0 Å². The van der Waals surface area contributed by atoms with Gasteiger partial charge in [-0.3, -0.25) is 0 Å². The Morgan fingerprint density at radius 2 is 1.72 bits per heavy atom. The van der Waals surface area contributed by atoms with E-state index in [2.05, 4.69) is 26.8 Å². The third-order valence-corrected chi connectivity index (χ3v) is 9.17. The zero-order valence-corrected chi connectivity index (χ0v) is 16.1. The molecule has 1 heterocycles. The van der Waals surface area contributed by atoms with Crippen LogP contribution in [-0.4, -0.2) is 30.2 Å². The van der Waals surface area contributed by atoms with Gasteiger partial charge in [0.1, 0.15) is 0 Å². The van der Waals surface area contributed by atoms with Crippen molar-refractivity contribution >= 4 is 0 Å². The van der Waals surface area contributed by atoms with E-state index in [4.69, 9.17) is 9.47 Å². The van der Waals surface area contributed by atoms with Crippen LogP contribution in [0.25, 0.3) is 0 Å². The minimum Gasteiger partial charge on any atom is -0.389 e. The van der Waals surface area contributed by atoms with Crippen molar-refractivity contribution in [2.75, 3.05) is 13.2 Å². The molecule has 5 rings (SSSR count). The summed E-state index contributed by atoms with van der Waals surface area (Å²) >= 11 is 0. The van der Waals surface area contributed by atoms with Crippen LogP contribution in [0, 0.1) is 34.5 Å². The molecule has 3 nitrogen and oxygen atoms in total. The van der Waals surface area contributed by atoms with Crippen molar-refractivity contribution < 1.29 is 14.6 Å². The summed E-state index contributed by atoms with van der Waals surface area (Å²) in [5.41, 5.74) is 1.94. The maximum atomic E-state index is 11.2. The van der Waals surface area contributed by atoms with Crippen LogP contribution in [0.1, 0.15) is 65.7 Å². The van der Waals surface area contributed by atoms with E-state index in [0.717, 1.165) is 32.0 Å². The summed E-state index contributed by atoms with van der Waals surface area (Å²) in [6.07, 6.45) is 10.4. The summed E-state index contributed by atoms with van der Waals surface area (Å²) < 4.78 is 12.4. The van der Waals surface area contributed by atoms with Gasteiger partial charge in [0.05, 0.1) is 19.3 Å². The van der Waals surface area contributed by atoms with E-state index >= 15 is 0 Å². The van der Waals surface area contributed by atoms with Crippen LogP contribution in [0.2, 0.25) is 0 Å². The monoisotopic (exact) mass is 346 g/mol. The number of rotatable bonds is 0. The first-order chi connectivity index (χ1) is 11.9. The fourth-order valence-corrected chi connectivity index (χ4v) is 7.72. The summed E-state index contributed by atoms with van der Waals surface area (Å²) in [6, 6.07) is 0. The Morgan fingerprint density at radius 3 is 2.48 bits per heavy atom. The maximum absolute atomic E-state index is 11.2. The summed E-state index contributed by atoms with van der Waals surface area (Å²) in [5, 5.41) is 11.2. The van der Waals surface area contributed by atoms with E-state index in [1.54, 1.807) is 5.57 Å². The van der Waals surface area contributed by atoms with Crippen molar-refractivity contribution in [2.24, 2.45) is 34.5 Å². The third kappa shape index (κ3) is 2.04. The molecule has 5 aliphatic rings. The molecule has 4 aliphatic carbocycles. The van der Waals surface area contributed by atoms with Gasteiger partial charge in [0.2, 0.25) is 0 Å². The highest BCUT2D eigenvalue weighted by atomic mass is 16.7. The van der Waals surface area contributed by atoms with Crippen LogP contribution >= 0.6 is 0 Å². The molecule has 1 aliphatic heterocycles. The van der Waals surface area contributed by atoms with Crippen molar-refractivity contribution in [1.82, 2.24) is 0 Å². The van der Waals surface area contributed by atoms with Crippen LogP contribution in [-0.2, 0) is 9.47 Å². The van der Waals surface area contributed by atoms with Gasteiger partial charge in [0.25, 0.3) is 0 Å². The van der Waals surface area contributed by atoms with Crippen molar-refractivity contribution in [2.45, 2.75) is 77.6 Å². The molecule has 3 unspecified atom stereocenters. The van der Waals surface area contributed by atoms with E-state index in [0.29, 0.717) is 23.2 Å². The molecule has 1 N–H and O–H groups in total. The lowest BCUT2D eigenvalue weighted by Crippen LogP contribution is -2.57. The fraction of sp³-hybridized carbons (Fsp3) is 0.909. The van der Waals surface area contributed by atoms with Crippen LogP contribution in [0.5, 0.6) is 0 Å². The standard InChI is InChI=1S/C22H34O3/c1-14-4-7-20(2)15(12-14)13-18(23)19-16(20)5-8-21(3)17(19)6-9-22(21)24-10-11-25-22/h13-14,16-19,23H,4-12H2,1-3H3/t14-,16?,17?,18-,19?,20-,21-/m0/s1. The Kier molecular flexibility index (Phi) is 3.57. The molecule has 1 saturated heterocycles. The second-order valence-corrected chi connectivity index (χ2v) is 10.2. The van der Waals surface area contributed by atoms with Crippen LogP contribution in [0.15, 0.2) is 11.6 Å². The molecule has 1 spiro atoms. The van der Waals surface area contributed by atoms with E-state index in [-0.39, 0.29) is 17.3 Å². The quantitative estimate of drug-likeness (QED) is 0.665. The number of aliphatic hydroxyl groups is 1. The molecule has 3 saturated carbocycles. The van der Waals surface area contributed by atoms with Crippen LogP contribution < -0.4 is 0 Å². The Morgan fingerprint density at radius 1 is 1.00 bits per heavy atom. The van der Waals surface area contributed by atoms with Gasteiger partial charge in [-0.25, -0.2) is 0 Å². The first-order valence-electron chi connectivity index (χ1n) is 10.6. The predicted octanol–water partition coefficient (Wildman–Crippen LogP) is 4.30. The van der Waals surface area contributed by atoms with Gasteiger partial charge in [-0.1, -0.05) is 32.4 Å². The van der Waals surface area contributed by atoms with Crippen molar-refractivity contribution in [3.63, 3.8) is 0 Å². The van der Waals surface area contributed by atoms with Crippen molar-refractivity contribution in [3.8, 4) is 0 Å². The molecule has 0 amide bonds. The van der Waals surface area contributed by atoms with Gasteiger partial charge >= 0.3 is 0 Å². The highest BCUT2D eigenvalue weighted by Gasteiger charge is 2.67. The van der Waals surface area contributed by atoms with E-state index in [1.807, 2.05) is 0 Å². The lowest BCUT2D eigenvalue weighted by atomic mass is 9.46. The number of ether oxygens (including phenoxy) is 2. The average Bonchev–Trinajstić information content (AvgIpc) is 3.17. The molecule has 0 aromatic heterocycles. The third-order valence-electron chi connectivity index (χ3n) is 9.17. The number of aliphatic hydroxyl groups excluding tert-OH is 1. The lowest BCUT2D eigenvalue weighted by Gasteiger charge is -2.59. The maximum Gasteiger partial charge on any atom is 0.174 e. The molecular formula is C22H34O3. The van der Waals surface area contributed by atoms with Crippen molar-refractivity contribution in [3.05, 3.63) is 11.6 Å². The average molecular weight is 347 g/mol. The smallest absolute Gasteiger partial charge is 0.174 e. The zero-order valence-electron chi connectivity index (χ0n) is 16.1. The number of allylic oxidation sites excluding steroid dienone is 1. The largest absolute Gasteiger partial charge is 0.389 e. The molecule has 0 aromatic carbocycles. The highest BCUT2D eigenvalue weighted by molar-refractivity contribution is 5.28. The number of fused-ring (bicyclic) bond motifs is 6. The molecule has 25 heavy (non-hydrogen) atoms. The Bertz CT molecular complexity index is 592. The first-order valence-corrected chi connectivity index (χ1v) is 10.6. The van der Waals surface area contributed by atoms with E-state index < -0.39 is 0 Å². The molecule has 4 fully saturated rings. The molecule has 7 atom stereocenters. The minimum absolute atomic E-state index is 0.0648. The number of hydrogen-bond acceptors (Lipinski definition) is 3. The van der Waals surface area contributed by atoms with Crippen molar-refractivity contribution in [1.29, 1.82) is 0 Å². The minimum atomic E-state index is -0.367. The molecule has 140 valence electrons. The van der Waals surface area contributed by atoms with Gasteiger partial charge in [-0.15, -0.1) is 0 Å². The molecular weight excluding hydrogens is 312 g/mol. The zero-order chi connectivity index (χ0) is 17.4. The van der Waals surface area contributed by atoms with Crippen LogP contribution in [0.4, 0.5) is 0 Å². The normalized spacial score (nSPS) is 53.9. The van der Waals surface area contributed by atoms with Gasteiger partial charge < -0.3 is 14.6 Å². The SMILES string of the molecule is C[C@H]1CC[C@@]2(C)C(=C[C@H](O)C3C2CC[C@@]2(C)C3CCC23OCCO3)C1. The summed E-state index contributed by atoms with van der Waals surface area (Å²) in [5.74, 6) is 1.94. The van der Waals surface area contributed by atoms with E-state index in [9.17, 15) is 5.11 Å². The molecule has 3 heteroatoms. The summed E-state index contributed by atoms with van der Waals surface area (Å²) in [6.45, 7) is 8.73. The Hall–Kier alpha value is -0.380. The summed E-state index contributed by atoms with van der Waals surface area (Å²) in [7, 11) is 0. The van der Waals surface area contributed by atoms with Gasteiger partial charge in [0, 0.05) is 11.8 Å². The Labute approximate surface area is 152 Å². The summed E-state index contributed by atoms with van der Waals surface area (Å²) in [4.78, 5) is 0. The van der Waals surface area contributed by atoms with Gasteiger partial charge in [0.15, 0.2) is 5.79 Å². The fourth-order valence-electron chi connectivity index (χ4n) is 7.72. The second kappa shape index (κ2) is 5.33. The predicted molar refractivity (Wildman–Crippen MR) is 96.9 cm³/mol. The highest BCUT2D eigenvalue weighted by Crippen LogP contribution is 2.68. The second-order valence-electron chi connectivity index (χ2n) is 10.2. The lowest BCUT2D eigenvalue weighted by molar-refractivity contribution is -0.246. The Balaban J connectivity index is 1.53. The topological polar surface area (TPSA) is 38.7 Å². The number of hydrogen-bond donors (Lipinski definition) is 1. The molecule has 0 radical (unpaired) electrons. The molecule has 0 aromatic rings. The van der Waals surface area contributed by atoms with E-state index in [1.165, 1.54) is 32.1 Å². The first kappa shape index (κ1) is 16.8. The van der Waals surface area contributed by atoms with Gasteiger partial charge in [-0.2, -0.15) is 0 Å². The van der Waals surface area contributed by atoms with Gasteiger partial charge in [-0.05, 0) is 67.6 Å². The molecule has 0 bridgehead atoms.